The number of fused-ring (bicyclic) bond motifs is 3. The lowest BCUT2D eigenvalue weighted by Gasteiger charge is -2.32. The summed E-state index contributed by atoms with van der Waals surface area (Å²) in [5.41, 5.74) is 0.549. The molecule has 4 heterocycles. The largest absolute Gasteiger partial charge is 0.433 e. The van der Waals surface area contributed by atoms with Crippen LogP contribution >= 0.6 is 11.6 Å². The molecule has 1 aliphatic carbocycles. The predicted octanol–water partition coefficient (Wildman–Crippen LogP) is 4.49. The van der Waals surface area contributed by atoms with E-state index in [0.29, 0.717) is 44.0 Å². The lowest BCUT2D eigenvalue weighted by molar-refractivity contribution is -0.141. The zero-order chi connectivity index (χ0) is 25.1. The molecule has 6 rings (SSSR count). The molecule has 1 aromatic carbocycles. The van der Waals surface area contributed by atoms with E-state index in [0.717, 1.165) is 48.0 Å². The lowest BCUT2D eigenvalue weighted by Crippen LogP contribution is -2.35. The van der Waals surface area contributed by atoms with E-state index >= 15 is 0 Å². The Balaban J connectivity index is 1.28. The van der Waals surface area contributed by atoms with Gasteiger partial charge < -0.3 is 4.90 Å². The highest BCUT2D eigenvalue weighted by molar-refractivity contribution is 6.30. The zero-order valence-electron chi connectivity index (χ0n) is 19.2. The molecule has 2 aromatic heterocycles. The normalized spacial score (nSPS) is 19.8. The summed E-state index contributed by atoms with van der Waals surface area (Å²) in [6.07, 6.45) is -0.354. The third-order valence-electron chi connectivity index (χ3n) is 7.34. The van der Waals surface area contributed by atoms with Crippen molar-refractivity contribution in [3.8, 4) is 11.8 Å². The van der Waals surface area contributed by atoms with Gasteiger partial charge in [-0.05, 0) is 55.5 Å². The van der Waals surface area contributed by atoms with E-state index < -0.39 is 17.4 Å². The SMILES string of the molecule is N#CC1(N2Cc3cc(Cl)ccc3-n3c(nnc3C3CCN(c4nccc(C(F)(F)F)n4)CC3)C2)CC1. The van der Waals surface area contributed by atoms with E-state index in [4.69, 9.17) is 11.6 Å². The predicted molar refractivity (Wildman–Crippen MR) is 124 cm³/mol. The molecule has 0 atom stereocenters. The van der Waals surface area contributed by atoms with E-state index in [1.54, 1.807) is 4.90 Å². The first-order chi connectivity index (χ1) is 17.3. The van der Waals surface area contributed by atoms with Crippen molar-refractivity contribution in [1.29, 1.82) is 5.26 Å². The number of hydrogen-bond acceptors (Lipinski definition) is 7. The molecule has 3 aromatic rings. The standard InChI is InChI=1S/C24H22ClF3N8/c25-17-1-2-18-16(11-17)12-35(23(14-29)6-7-23)13-20-32-33-21(36(18)20)15-4-9-34(10-5-15)22-30-8-3-19(31-22)24(26,27)28/h1-3,8,11,15H,4-7,9-10,12-13H2. The Hall–Kier alpha value is -3.23. The van der Waals surface area contributed by atoms with Gasteiger partial charge in [-0.2, -0.15) is 18.4 Å². The molecule has 186 valence electrons. The number of benzene rings is 1. The zero-order valence-corrected chi connectivity index (χ0v) is 20.0. The first kappa shape index (κ1) is 23.2. The maximum Gasteiger partial charge on any atom is 0.433 e. The van der Waals surface area contributed by atoms with Crippen molar-refractivity contribution < 1.29 is 13.2 Å². The van der Waals surface area contributed by atoms with Gasteiger partial charge in [0.1, 0.15) is 17.1 Å². The molecule has 1 saturated heterocycles. The van der Waals surface area contributed by atoms with Gasteiger partial charge in [0.2, 0.25) is 5.95 Å². The van der Waals surface area contributed by atoms with Gasteiger partial charge in [-0.15, -0.1) is 10.2 Å². The van der Waals surface area contributed by atoms with Crippen LogP contribution < -0.4 is 4.90 Å². The average molecular weight is 515 g/mol. The second-order valence-electron chi connectivity index (χ2n) is 9.58. The Morgan fingerprint density at radius 2 is 1.86 bits per heavy atom. The molecule has 0 spiro atoms. The fraction of sp³-hybridized carbons (Fsp3) is 0.458. The number of aromatic nitrogens is 5. The van der Waals surface area contributed by atoms with Gasteiger partial charge >= 0.3 is 6.18 Å². The molecule has 36 heavy (non-hydrogen) atoms. The molecule has 0 radical (unpaired) electrons. The highest BCUT2D eigenvalue weighted by atomic mass is 35.5. The second kappa shape index (κ2) is 8.42. The van der Waals surface area contributed by atoms with Crippen LogP contribution in [0, 0.1) is 11.3 Å². The van der Waals surface area contributed by atoms with Crippen LogP contribution in [0.5, 0.6) is 0 Å². The number of nitrogens with zero attached hydrogens (tertiary/aromatic N) is 8. The summed E-state index contributed by atoms with van der Waals surface area (Å²) >= 11 is 6.33. The minimum atomic E-state index is -4.51. The van der Waals surface area contributed by atoms with Crippen molar-refractivity contribution in [2.45, 2.75) is 56.4 Å². The van der Waals surface area contributed by atoms with Crippen LogP contribution in [-0.4, -0.2) is 48.3 Å². The molecular weight excluding hydrogens is 493 g/mol. The first-order valence-electron chi connectivity index (χ1n) is 11.8. The van der Waals surface area contributed by atoms with E-state index in [-0.39, 0.29) is 11.9 Å². The molecule has 2 aliphatic heterocycles. The molecule has 0 bridgehead atoms. The summed E-state index contributed by atoms with van der Waals surface area (Å²) in [7, 11) is 0. The fourth-order valence-electron chi connectivity index (χ4n) is 5.21. The van der Waals surface area contributed by atoms with Crippen molar-refractivity contribution >= 4 is 17.5 Å². The van der Waals surface area contributed by atoms with Crippen LogP contribution in [0.4, 0.5) is 19.1 Å². The smallest absolute Gasteiger partial charge is 0.341 e. The van der Waals surface area contributed by atoms with E-state index in [2.05, 4.69) is 35.7 Å². The molecule has 0 amide bonds. The van der Waals surface area contributed by atoms with Crippen LogP contribution in [0.1, 0.15) is 54.5 Å². The van der Waals surface area contributed by atoms with Gasteiger partial charge in [-0.25, -0.2) is 9.97 Å². The topological polar surface area (TPSA) is 86.8 Å². The lowest BCUT2D eigenvalue weighted by atomic mass is 9.95. The first-order valence-corrected chi connectivity index (χ1v) is 12.2. The van der Waals surface area contributed by atoms with Crippen LogP contribution in [0.25, 0.3) is 5.69 Å². The van der Waals surface area contributed by atoms with Crippen LogP contribution in [0.3, 0.4) is 0 Å². The third kappa shape index (κ3) is 3.98. The van der Waals surface area contributed by atoms with Crippen molar-refractivity contribution in [3.63, 3.8) is 0 Å². The summed E-state index contributed by atoms with van der Waals surface area (Å²) in [6, 6.07) is 9.10. The van der Waals surface area contributed by atoms with Crippen molar-refractivity contribution in [3.05, 3.63) is 58.4 Å². The molecular formula is C24H22ClF3N8. The number of rotatable bonds is 3. The summed E-state index contributed by atoms with van der Waals surface area (Å²) in [5, 5.41) is 19.5. The van der Waals surface area contributed by atoms with E-state index in [1.165, 1.54) is 0 Å². The monoisotopic (exact) mass is 514 g/mol. The molecule has 0 N–H and O–H groups in total. The van der Waals surface area contributed by atoms with Gasteiger partial charge in [0.25, 0.3) is 0 Å². The Bertz CT molecular complexity index is 1350. The minimum Gasteiger partial charge on any atom is -0.341 e. The number of nitriles is 1. The Labute approximate surface area is 210 Å². The Kier molecular flexibility index (Phi) is 5.42. The van der Waals surface area contributed by atoms with Gasteiger partial charge in [-0.3, -0.25) is 9.47 Å². The molecule has 12 heteroatoms. The second-order valence-corrected chi connectivity index (χ2v) is 10.0. The fourth-order valence-corrected chi connectivity index (χ4v) is 5.40. The van der Waals surface area contributed by atoms with Crippen molar-refractivity contribution in [2.24, 2.45) is 0 Å². The summed E-state index contributed by atoms with van der Waals surface area (Å²) < 4.78 is 41.4. The summed E-state index contributed by atoms with van der Waals surface area (Å²) in [4.78, 5) is 11.7. The van der Waals surface area contributed by atoms with Gasteiger partial charge in [0.15, 0.2) is 5.82 Å². The third-order valence-corrected chi connectivity index (χ3v) is 7.58. The van der Waals surface area contributed by atoms with Gasteiger partial charge in [0, 0.05) is 36.8 Å². The number of alkyl halides is 3. The summed E-state index contributed by atoms with van der Waals surface area (Å²) in [6.45, 7) is 2.11. The summed E-state index contributed by atoms with van der Waals surface area (Å²) in [5.74, 6) is 1.75. The number of piperidine rings is 1. The number of anilines is 1. The minimum absolute atomic E-state index is 0.0641. The van der Waals surface area contributed by atoms with Crippen LogP contribution in [-0.2, 0) is 19.3 Å². The molecule has 0 unspecified atom stereocenters. The maximum atomic E-state index is 13.1. The molecule has 2 fully saturated rings. The average Bonchev–Trinajstić information content (AvgIpc) is 3.60. The Morgan fingerprint density at radius 1 is 1.08 bits per heavy atom. The van der Waals surface area contributed by atoms with Gasteiger partial charge in [0.05, 0.1) is 18.3 Å². The van der Waals surface area contributed by atoms with Crippen LogP contribution in [0.2, 0.25) is 5.02 Å². The number of hydrogen-bond donors (Lipinski definition) is 0. The molecule has 1 saturated carbocycles. The van der Waals surface area contributed by atoms with E-state index in [9.17, 15) is 18.4 Å². The molecule has 8 nitrogen and oxygen atoms in total. The number of halogens is 4. The molecule has 3 aliphatic rings. The van der Waals surface area contributed by atoms with E-state index in [1.807, 2.05) is 18.2 Å². The van der Waals surface area contributed by atoms with Crippen molar-refractivity contribution in [2.75, 3.05) is 18.0 Å². The highest BCUT2D eigenvalue weighted by Crippen LogP contribution is 2.45. The van der Waals surface area contributed by atoms with Gasteiger partial charge in [-0.1, -0.05) is 11.6 Å². The van der Waals surface area contributed by atoms with Crippen molar-refractivity contribution in [1.82, 2.24) is 29.6 Å². The maximum absolute atomic E-state index is 13.1. The highest BCUT2D eigenvalue weighted by Gasteiger charge is 2.50. The van der Waals surface area contributed by atoms with Crippen LogP contribution in [0.15, 0.2) is 30.5 Å². The quantitative estimate of drug-likeness (QED) is 0.509. The Morgan fingerprint density at radius 3 is 2.56 bits per heavy atom.